The molecule has 0 saturated carbocycles. The van der Waals surface area contributed by atoms with E-state index in [9.17, 15) is 0 Å². The van der Waals surface area contributed by atoms with Gasteiger partial charge in [0.1, 0.15) is 0 Å². The van der Waals surface area contributed by atoms with Crippen molar-refractivity contribution in [3.63, 3.8) is 0 Å². The molecule has 3 aromatic carbocycles. The molecule has 1 heterocycles. The highest BCUT2D eigenvalue weighted by molar-refractivity contribution is 6.10. The number of benzene rings is 3. The molecule has 0 fully saturated rings. The molecule has 0 spiro atoms. The third-order valence-corrected chi connectivity index (χ3v) is 5.37. The molecule has 29 heavy (non-hydrogen) atoms. The Labute approximate surface area is 174 Å². The van der Waals surface area contributed by atoms with Crippen molar-refractivity contribution in [2.24, 2.45) is 5.92 Å². The molecule has 4 aromatic rings. The van der Waals surface area contributed by atoms with Gasteiger partial charge in [-0.25, -0.2) is 0 Å². The van der Waals surface area contributed by atoms with Crippen molar-refractivity contribution in [3.8, 4) is 5.69 Å². The summed E-state index contributed by atoms with van der Waals surface area (Å²) in [5.41, 5.74) is 6.60. The first-order chi connectivity index (χ1) is 14.2. The Balaban J connectivity index is 2.00. The quantitative estimate of drug-likeness (QED) is 0.303. The van der Waals surface area contributed by atoms with Crippen molar-refractivity contribution in [1.82, 2.24) is 4.57 Å². The van der Waals surface area contributed by atoms with Gasteiger partial charge in [-0.05, 0) is 55.0 Å². The summed E-state index contributed by atoms with van der Waals surface area (Å²) < 4.78 is 2.45. The maximum absolute atomic E-state index is 2.45. The lowest BCUT2D eigenvalue weighted by Gasteiger charge is -2.11. The minimum atomic E-state index is 0.648. The van der Waals surface area contributed by atoms with Crippen LogP contribution in [-0.2, 0) is 12.8 Å². The molecule has 0 amide bonds. The molecular weight excluding hydrogens is 350 g/mol. The van der Waals surface area contributed by atoms with Crippen LogP contribution in [0.1, 0.15) is 31.9 Å². The predicted molar refractivity (Wildman–Crippen MR) is 127 cm³/mol. The summed E-state index contributed by atoms with van der Waals surface area (Å²) in [5, 5.41) is 2.66. The summed E-state index contributed by atoms with van der Waals surface area (Å²) in [4.78, 5) is 0. The number of rotatable bonds is 6. The number of aromatic nitrogens is 1. The molecule has 0 N–H and O–H groups in total. The Morgan fingerprint density at radius 2 is 1.69 bits per heavy atom. The highest BCUT2D eigenvalue weighted by atomic mass is 15.0. The van der Waals surface area contributed by atoms with Crippen molar-refractivity contribution in [1.29, 1.82) is 0 Å². The second kappa shape index (κ2) is 8.53. The van der Waals surface area contributed by atoms with Crippen molar-refractivity contribution in [2.75, 3.05) is 0 Å². The zero-order valence-electron chi connectivity index (χ0n) is 17.6. The van der Waals surface area contributed by atoms with Crippen molar-refractivity contribution < 1.29 is 0 Å². The highest BCUT2D eigenvalue weighted by Gasteiger charge is 2.15. The van der Waals surface area contributed by atoms with Crippen molar-refractivity contribution in [2.45, 2.75) is 33.6 Å². The molecule has 0 aliphatic carbocycles. The summed E-state index contributed by atoms with van der Waals surface area (Å²) in [5.74, 6) is 0.648. The van der Waals surface area contributed by atoms with E-state index in [-0.39, 0.29) is 0 Å². The first-order valence-corrected chi connectivity index (χ1v) is 10.6. The standard InChI is InChI=1S/C28H29N/c1-4-5-6-8-12-23-13-11-16-26-25-18-17-22(19-21(2)3)20-27(25)29(28(23)26)24-14-9-7-10-15-24/h4-11,13-18,20-21H,12,19H2,1-3H3/b5-4-,8-6-. The van der Waals surface area contributed by atoms with E-state index in [2.05, 4.69) is 109 Å². The lowest BCUT2D eigenvalue weighted by molar-refractivity contribution is 0.647. The summed E-state index contributed by atoms with van der Waals surface area (Å²) in [6.07, 6.45) is 10.6. The van der Waals surface area contributed by atoms with E-state index in [0.29, 0.717) is 5.92 Å². The summed E-state index contributed by atoms with van der Waals surface area (Å²) in [7, 11) is 0. The van der Waals surface area contributed by atoms with Crippen LogP contribution in [0.15, 0.2) is 91.0 Å². The zero-order valence-corrected chi connectivity index (χ0v) is 17.6. The molecule has 1 nitrogen and oxygen atoms in total. The average Bonchev–Trinajstić information content (AvgIpc) is 3.06. The first kappa shape index (κ1) is 19.3. The SMILES string of the molecule is C/C=C\C=C/Cc1cccc2c3ccc(CC(C)C)cc3n(-c3ccccc3)c12. The Bertz CT molecular complexity index is 1170. The molecule has 0 saturated heterocycles. The highest BCUT2D eigenvalue weighted by Crippen LogP contribution is 2.35. The fraction of sp³-hybridized carbons (Fsp3) is 0.214. The number of fused-ring (bicyclic) bond motifs is 3. The van der Waals surface area contributed by atoms with E-state index >= 15 is 0 Å². The maximum atomic E-state index is 2.45. The van der Waals surface area contributed by atoms with Gasteiger partial charge in [-0.1, -0.05) is 86.7 Å². The van der Waals surface area contributed by atoms with Gasteiger partial charge in [0, 0.05) is 16.5 Å². The van der Waals surface area contributed by atoms with Crippen LogP contribution in [0.3, 0.4) is 0 Å². The summed E-state index contributed by atoms with van der Waals surface area (Å²) in [6, 6.07) is 24.5. The van der Waals surface area contributed by atoms with Gasteiger partial charge in [0.25, 0.3) is 0 Å². The Morgan fingerprint density at radius 3 is 2.45 bits per heavy atom. The zero-order chi connectivity index (χ0) is 20.2. The van der Waals surface area contributed by atoms with E-state index in [1.54, 1.807) is 0 Å². The molecular formula is C28H29N. The van der Waals surface area contributed by atoms with Crippen molar-refractivity contribution >= 4 is 21.8 Å². The van der Waals surface area contributed by atoms with Gasteiger partial charge in [0.2, 0.25) is 0 Å². The fourth-order valence-electron chi connectivity index (χ4n) is 4.18. The normalized spacial score (nSPS) is 12.3. The predicted octanol–water partition coefficient (Wildman–Crippen LogP) is 7.66. The summed E-state index contributed by atoms with van der Waals surface area (Å²) in [6.45, 7) is 6.62. The topological polar surface area (TPSA) is 4.93 Å². The fourth-order valence-corrected chi connectivity index (χ4v) is 4.18. The lowest BCUT2D eigenvalue weighted by Crippen LogP contribution is -1.98. The summed E-state index contributed by atoms with van der Waals surface area (Å²) >= 11 is 0. The van der Waals surface area contributed by atoms with Gasteiger partial charge in [-0.3, -0.25) is 0 Å². The van der Waals surface area contributed by atoms with Gasteiger partial charge < -0.3 is 4.57 Å². The second-order valence-electron chi connectivity index (χ2n) is 8.09. The van der Waals surface area contributed by atoms with Crippen LogP contribution in [0, 0.1) is 5.92 Å². The first-order valence-electron chi connectivity index (χ1n) is 10.6. The number of hydrogen-bond donors (Lipinski definition) is 0. The van der Waals surface area contributed by atoms with Gasteiger partial charge >= 0.3 is 0 Å². The van der Waals surface area contributed by atoms with Crippen LogP contribution in [0.5, 0.6) is 0 Å². The largest absolute Gasteiger partial charge is 0.309 e. The molecule has 1 heteroatoms. The third kappa shape index (κ3) is 3.91. The molecule has 0 radical (unpaired) electrons. The lowest BCUT2D eigenvalue weighted by atomic mass is 10.0. The molecule has 0 aliphatic rings. The van der Waals surface area contributed by atoms with E-state index in [1.165, 1.54) is 38.6 Å². The van der Waals surface area contributed by atoms with Gasteiger partial charge in [-0.2, -0.15) is 0 Å². The maximum Gasteiger partial charge on any atom is 0.0576 e. The van der Waals surface area contributed by atoms with Crippen molar-refractivity contribution in [3.05, 3.63) is 102 Å². The number of para-hydroxylation sites is 2. The average molecular weight is 380 g/mol. The smallest absolute Gasteiger partial charge is 0.0576 e. The van der Waals surface area contributed by atoms with E-state index in [4.69, 9.17) is 0 Å². The minimum absolute atomic E-state index is 0.648. The van der Waals surface area contributed by atoms with E-state index in [0.717, 1.165) is 12.8 Å². The molecule has 0 bridgehead atoms. The Morgan fingerprint density at radius 1 is 0.862 bits per heavy atom. The number of nitrogens with zero attached hydrogens (tertiary/aromatic N) is 1. The Hall–Kier alpha value is -3.06. The molecule has 0 aliphatic heterocycles. The van der Waals surface area contributed by atoms with E-state index in [1.807, 2.05) is 6.92 Å². The second-order valence-corrected chi connectivity index (χ2v) is 8.09. The molecule has 146 valence electrons. The number of allylic oxidation sites excluding steroid dienone is 4. The van der Waals surface area contributed by atoms with E-state index < -0.39 is 0 Å². The third-order valence-electron chi connectivity index (χ3n) is 5.37. The molecule has 0 atom stereocenters. The Kier molecular flexibility index (Phi) is 5.67. The van der Waals surface area contributed by atoms with Crippen LogP contribution >= 0.6 is 0 Å². The van der Waals surface area contributed by atoms with Gasteiger partial charge in [0.05, 0.1) is 11.0 Å². The minimum Gasteiger partial charge on any atom is -0.309 e. The van der Waals surface area contributed by atoms with Crippen LogP contribution in [0.25, 0.3) is 27.5 Å². The van der Waals surface area contributed by atoms with Gasteiger partial charge in [-0.15, -0.1) is 0 Å². The molecule has 4 rings (SSSR count). The molecule has 0 unspecified atom stereocenters. The number of hydrogen-bond acceptors (Lipinski definition) is 0. The van der Waals surface area contributed by atoms with Gasteiger partial charge in [0.15, 0.2) is 0 Å². The van der Waals surface area contributed by atoms with Crippen LogP contribution < -0.4 is 0 Å². The monoisotopic (exact) mass is 379 g/mol. The van der Waals surface area contributed by atoms with Crippen LogP contribution in [0.2, 0.25) is 0 Å². The molecule has 1 aromatic heterocycles. The van der Waals surface area contributed by atoms with Crippen LogP contribution in [-0.4, -0.2) is 4.57 Å². The van der Waals surface area contributed by atoms with Crippen LogP contribution in [0.4, 0.5) is 0 Å².